The number of carbonyl (C=O) groups excluding carboxylic acids is 4. The first kappa shape index (κ1) is 68.7. The van der Waals surface area contributed by atoms with E-state index < -0.39 is 40.3 Å². The van der Waals surface area contributed by atoms with Gasteiger partial charge in [0.15, 0.2) is 0 Å². The summed E-state index contributed by atoms with van der Waals surface area (Å²) < 4.78 is 25.9. The summed E-state index contributed by atoms with van der Waals surface area (Å²) in [6.07, 6.45) is 0.659. The second-order valence-corrected chi connectivity index (χ2v) is 34.5. The summed E-state index contributed by atoms with van der Waals surface area (Å²) >= 11 is 5.67. The van der Waals surface area contributed by atoms with E-state index in [4.69, 9.17) is 40.4 Å². The molecule has 0 bridgehead atoms. The summed E-state index contributed by atoms with van der Waals surface area (Å²) in [5.74, 6) is -0.726. The minimum atomic E-state index is -1.26. The van der Waals surface area contributed by atoms with Crippen molar-refractivity contribution in [3.05, 3.63) is 202 Å². The summed E-state index contributed by atoms with van der Waals surface area (Å²) in [7, 11) is -2.44. The van der Waals surface area contributed by atoms with Gasteiger partial charge in [0.05, 0.1) is 25.0 Å². The largest absolute Gasteiger partial charge is 1.00 e. The van der Waals surface area contributed by atoms with Crippen molar-refractivity contribution >= 4 is 90.6 Å². The number of benzene rings is 8. The predicted octanol–water partition coefficient (Wildman–Crippen LogP) is 17.8. The summed E-state index contributed by atoms with van der Waals surface area (Å²) in [4.78, 5) is 57.3. The van der Waals surface area contributed by atoms with E-state index >= 15 is 0 Å². The van der Waals surface area contributed by atoms with E-state index in [9.17, 15) is 24.0 Å². The number of aliphatic carboxylic acids is 1. The summed E-state index contributed by atoms with van der Waals surface area (Å²) in [6, 6.07) is 52.5. The molecule has 15 heteroatoms. The zero-order valence-corrected chi connectivity index (χ0v) is 53.9. The Labute approximate surface area is 512 Å². The fourth-order valence-electron chi connectivity index (χ4n) is 8.02. The number of carboxylic acid groups (broad SMARTS) is 1. The monoisotopic (exact) mass is 1270 g/mol. The molecule has 3 unspecified atom stereocenters. The van der Waals surface area contributed by atoms with E-state index in [1.54, 1.807) is 43.3 Å². The molecule has 0 radical (unpaired) electrons. The quantitative estimate of drug-likeness (QED) is 0.0232. The molecule has 0 heterocycles. The maximum absolute atomic E-state index is 12.6. The molecule has 0 aromatic heterocycles. The Morgan fingerprint density at radius 2 is 0.831 bits per heavy atom. The number of alkyl halides is 1. The number of halogens is 1. The van der Waals surface area contributed by atoms with Crippen LogP contribution in [0.4, 0.5) is 9.59 Å². The molecular weight excluding hydrogens is 1190 g/mol. The fourth-order valence-corrected chi connectivity index (χ4v) is 9.62. The second kappa shape index (κ2) is 32.9. The van der Waals surface area contributed by atoms with Crippen molar-refractivity contribution in [2.75, 3.05) is 13.2 Å². The zero-order valence-electron chi connectivity index (χ0n) is 49.7. The predicted molar refractivity (Wildman–Crippen MR) is 337 cm³/mol. The van der Waals surface area contributed by atoms with E-state index in [2.05, 4.69) is 108 Å². The van der Waals surface area contributed by atoms with E-state index in [0.717, 1.165) is 61.5 Å². The van der Waals surface area contributed by atoms with Gasteiger partial charge in [-0.2, -0.15) is 0 Å². The molecule has 0 aliphatic rings. The SMILES string of the molecule is C[Si](C)(C)CCOC(=O)Oc1ccc(CCl)cc1.Cc1ccc2cc(C(C)C(=O)O)ccc2c1.Cc1ccc2cc(C(C)C(=O)OCc3ccc(OC(=O)OCC[Si](C)(C)C)cc3)ccc2c1.Cc1ccc2cc(C(C)[C-]=O)ccc2c1.[Ag+]. The van der Waals surface area contributed by atoms with Gasteiger partial charge >= 0.3 is 46.6 Å². The third kappa shape index (κ3) is 23.7. The average Bonchev–Trinajstić information content (AvgIpc) is 3.43. The third-order valence-corrected chi connectivity index (χ3v) is 17.1. The Morgan fingerprint density at radius 3 is 1.20 bits per heavy atom. The number of carbonyl (C=O) groups is 4. The molecule has 0 amide bonds. The maximum Gasteiger partial charge on any atom is 1.00 e. The van der Waals surface area contributed by atoms with Crippen molar-refractivity contribution in [1.82, 2.24) is 0 Å². The number of rotatable bonds is 17. The molecule has 442 valence electrons. The molecule has 8 aromatic carbocycles. The van der Waals surface area contributed by atoms with Crippen LogP contribution in [0.3, 0.4) is 0 Å². The Morgan fingerprint density at radius 1 is 0.482 bits per heavy atom. The molecule has 0 fully saturated rings. The first-order valence-electron chi connectivity index (χ1n) is 27.5. The third-order valence-electron chi connectivity index (χ3n) is 13.4. The van der Waals surface area contributed by atoms with Crippen LogP contribution in [0.5, 0.6) is 11.5 Å². The molecule has 0 aliphatic heterocycles. The van der Waals surface area contributed by atoms with E-state index in [1.807, 2.05) is 93.8 Å². The Kier molecular flexibility index (Phi) is 27.2. The van der Waals surface area contributed by atoms with Crippen molar-refractivity contribution in [2.24, 2.45) is 0 Å². The van der Waals surface area contributed by atoms with E-state index in [0.29, 0.717) is 30.6 Å². The Hall–Kier alpha value is -6.85. The molecule has 0 saturated heterocycles. The summed E-state index contributed by atoms with van der Waals surface area (Å²) in [5.41, 5.74) is 8.27. The number of hydrogen-bond acceptors (Lipinski definition) is 10. The van der Waals surface area contributed by atoms with Gasteiger partial charge < -0.3 is 33.6 Å². The topological polar surface area (TPSA) is 152 Å². The van der Waals surface area contributed by atoms with Crippen LogP contribution < -0.4 is 9.47 Å². The smallest absolute Gasteiger partial charge is 0.541 e. The van der Waals surface area contributed by atoms with Crippen LogP contribution in [0.25, 0.3) is 32.3 Å². The maximum atomic E-state index is 12.6. The second-order valence-electron chi connectivity index (χ2n) is 23.0. The van der Waals surface area contributed by atoms with E-state index in [1.165, 1.54) is 27.5 Å². The summed E-state index contributed by atoms with van der Waals surface area (Å²) in [6.45, 7) is 25.9. The van der Waals surface area contributed by atoms with Gasteiger partial charge in [-0.3, -0.25) is 15.9 Å². The number of carboxylic acids is 1. The molecule has 0 spiro atoms. The van der Waals surface area contributed by atoms with Crippen LogP contribution >= 0.6 is 11.6 Å². The molecule has 1 N–H and O–H groups in total. The average molecular weight is 1270 g/mol. The van der Waals surface area contributed by atoms with Gasteiger partial charge in [0, 0.05) is 22.0 Å². The number of esters is 1. The van der Waals surface area contributed by atoms with Gasteiger partial charge in [0.2, 0.25) is 0 Å². The van der Waals surface area contributed by atoms with Crippen molar-refractivity contribution < 1.29 is 75.1 Å². The van der Waals surface area contributed by atoms with Gasteiger partial charge in [-0.1, -0.05) is 202 Å². The number of ether oxygens (including phenoxy) is 5. The van der Waals surface area contributed by atoms with Crippen molar-refractivity contribution in [2.45, 2.75) is 123 Å². The van der Waals surface area contributed by atoms with Gasteiger partial charge in [-0.25, -0.2) is 9.59 Å². The van der Waals surface area contributed by atoms with Crippen LogP contribution in [0.2, 0.25) is 51.4 Å². The molecule has 0 saturated carbocycles. The van der Waals surface area contributed by atoms with Gasteiger partial charge in [0.25, 0.3) is 0 Å². The molecule has 3 atom stereocenters. The van der Waals surface area contributed by atoms with Crippen LogP contribution in [0.15, 0.2) is 158 Å². The van der Waals surface area contributed by atoms with Crippen LogP contribution in [0, 0.1) is 20.8 Å². The van der Waals surface area contributed by atoms with Crippen LogP contribution in [0.1, 0.15) is 83.0 Å². The fraction of sp³-hybridized carbons (Fsp3) is 0.309. The van der Waals surface area contributed by atoms with Crippen LogP contribution in [-0.4, -0.2) is 65.0 Å². The first-order valence-corrected chi connectivity index (χ1v) is 35.5. The number of aryl methyl sites for hydroxylation is 3. The van der Waals surface area contributed by atoms with E-state index in [-0.39, 0.29) is 46.8 Å². The normalized spacial score (nSPS) is 12.0. The standard InChI is InChI=1S/C27H32O5Si.C14H14O2.C14H13O.C13H19ClO3Si.Ag/c1-19-6-9-24-17-22(10-11-23(24)16-19)20(2)26(28)31-18-21-7-12-25(13-8-21)32-27(29)30-14-15-33(3,4)5;1-9-3-4-13-8-11(10(2)14(15)16)5-6-12(13)7-9;1-10-3-4-14-8-12(11(2)9-15)5-6-13(14)7-10;1-18(2,3)9-8-16-13(15)17-12-6-4-11(10-14)5-7-12;/h6-13,16-17,20H,14-15,18H2,1-5H3;3-8,10H,1-2H3,(H,15,16);3-8,11H,1-2H3;4-7H,8-10H2,1-3H3;/q;;-1;;+1. The zero-order chi connectivity index (χ0) is 60.1. The summed E-state index contributed by atoms with van der Waals surface area (Å²) in [5, 5.41) is 15.9. The minimum absolute atomic E-state index is 0. The minimum Gasteiger partial charge on any atom is -0.541 e. The van der Waals surface area contributed by atoms with Gasteiger partial charge in [-0.05, 0) is 126 Å². The first-order chi connectivity index (χ1) is 38.8. The van der Waals surface area contributed by atoms with Gasteiger partial charge in [-0.15, -0.1) is 17.5 Å². The van der Waals surface area contributed by atoms with Crippen molar-refractivity contribution in [3.63, 3.8) is 0 Å². The molecule has 83 heavy (non-hydrogen) atoms. The number of hydrogen-bond donors (Lipinski definition) is 1. The molecular formula is C68H78AgClO11Si2. The Balaban J connectivity index is 0.000000252. The molecule has 8 rings (SSSR count). The molecule has 11 nitrogen and oxygen atoms in total. The Bertz CT molecular complexity index is 3430. The van der Waals surface area contributed by atoms with Crippen molar-refractivity contribution in [3.8, 4) is 11.5 Å². The van der Waals surface area contributed by atoms with Crippen molar-refractivity contribution in [1.29, 1.82) is 0 Å². The number of fused-ring (bicyclic) bond motifs is 3. The van der Waals surface area contributed by atoms with Crippen LogP contribution in [-0.2, 0) is 63.5 Å². The van der Waals surface area contributed by atoms with Gasteiger partial charge in [0.1, 0.15) is 18.1 Å². The molecule has 0 aliphatic carbocycles. The molecule has 8 aromatic rings.